The minimum atomic E-state index is -0.356. The highest BCUT2D eigenvalue weighted by Gasteiger charge is 2.23. The van der Waals surface area contributed by atoms with Gasteiger partial charge in [-0.1, -0.05) is 12.1 Å². The predicted molar refractivity (Wildman–Crippen MR) is 109 cm³/mol. The molecule has 0 saturated carbocycles. The molecule has 8 heteroatoms. The number of aromatic nitrogens is 1. The van der Waals surface area contributed by atoms with Crippen LogP contribution in [0, 0.1) is 11.7 Å². The topological polar surface area (TPSA) is 92.8 Å². The van der Waals surface area contributed by atoms with Crippen molar-refractivity contribution < 1.29 is 13.9 Å². The fourth-order valence-corrected chi connectivity index (χ4v) is 3.45. The SMILES string of the molecule is CN=C(NCc1ccc(Oc2cccc(F)c2)nc1)N1CCCC(CC(N)=O)C1. The van der Waals surface area contributed by atoms with Crippen LogP contribution in [-0.4, -0.2) is 41.9 Å². The third-order valence-corrected chi connectivity index (χ3v) is 4.79. The van der Waals surface area contributed by atoms with Crippen LogP contribution in [0.25, 0.3) is 0 Å². The van der Waals surface area contributed by atoms with E-state index in [0.29, 0.717) is 24.6 Å². The van der Waals surface area contributed by atoms with Gasteiger partial charge in [0.1, 0.15) is 11.6 Å². The van der Waals surface area contributed by atoms with Crippen LogP contribution >= 0.6 is 0 Å². The van der Waals surface area contributed by atoms with Crippen LogP contribution in [0.15, 0.2) is 47.6 Å². The van der Waals surface area contributed by atoms with Gasteiger partial charge in [-0.3, -0.25) is 9.79 Å². The Kier molecular flexibility index (Phi) is 6.99. The maximum atomic E-state index is 13.2. The lowest BCUT2D eigenvalue weighted by atomic mass is 9.95. The number of likely N-dealkylation sites (tertiary alicyclic amines) is 1. The normalized spacial score (nSPS) is 17.1. The first-order valence-corrected chi connectivity index (χ1v) is 9.65. The number of halogens is 1. The number of primary amides is 1. The molecule has 2 aromatic rings. The molecule has 29 heavy (non-hydrogen) atoms. The van der Waals surface area contributed by atoms with Crippen LogP contribution in [0.2, 0.25) is 0 Å². The van der Waals surface area contributed by atoms with Crippen LogP contribution in [0.3, 0.4) is 0 Å². The molecule has 1 aliphatic rings. The summed E-state index contributed by atoms with van der Waals surface area (Å²) in [6.45, 7) is 2.21. The number of aliphatic imine (C=N–C) groups is 1. The monoisotopic (exact) mass is 399 g/mol. The molecule has 3 N–H and O–H groups in total. The standard InChI is InChI=1S/C21H26FN5O2/c1-24-21(27-9-3-4-15(14-27)10-19(23)28)26-13-16-7-8-20(25-12-16)29-18-6-2-5-17(22)11-18/h2,5-8,11-12,15H,3-4,9-10,13-14H2,1H3,(H2,23,28)(H,24,26). The molecule has 0 radical (unpaired) electrons. The van der Waals surface area contributed by atoms with Crippen molar-refractivity contribution >= 4 is 11.9 Å². The van der Waals surface area contributed by atoms with Gasteiger partial charge in [0.25, 0.3) is 0 Å². The molecule has 1 saturated heterocycles. The highest BCUT2D eigenvalue weighted by atomic mass is 19.1. The Morgan fingerprint density at radius 2 is 2.28 bits per heavy atom. The Morgan fingerprint density at radius 1 is 1.41 bits per heavy atom. The van der Waals surface area contributed by atoms with Gasteiger partial charge in [0.05, 0.1) is 0 Å². The number of guanidine groups is 1. The van der Waals surface area contributed by atoms with Crippen LogP contribution < -0.4 is 15.8 Å². The van der Waals surface area contributed by atoms with E-state index in [2.05, 4.69) is 20.2 Å². The van der Waals surface area contributed by atoms with Crippen molar-refractivity contribution in [3.8, 4) is 11.6 Å². The second-order valence-electron chi connectivity index (χ2n) is 7.09. The molecule has 1 unspecified atom stereocenters. The molecule has 1 aromatic heterocycles. The summed E-state index contributed by atoms with van der Waals surface area (Å²) in [4.78, 5) is 22.0. The quantitative estimate of drug-likeness (QED) is 0.575. The first-order valence-electron chi connectivity index (χ1n) is 9.65. The largest absolute Gasteiger partial charge is 0.439 e. The molecule has 1 aliphatic heterocycles. The number of hydrogen-bond donors (Lipinski definition) is 2. The number of nitrogens with one attached hydrogen (secondary N) is 1. The lowest BCUT2D eigenvalue weighted by molar-refractivity contribution is -0.119. The van der Waals surface area contributed by atoms with Gasteiger partial charge in [-0.15, -0.1) is 0 Å². The fourth-order valence-electron chi connectivity index (χ4n) is 3.45. The van der Waals surface area contributed by atoms with Crippen molar-refractivity contribution in [2.75, 3.05) is 20.1 Å². The Hall–Kier alpha value is -3.16. The molecule has 0 bridgehead atoms. The highest BCUT2D eigenvalue weighted by Crippen LogP contribution is 2.21. The van der Waals surface area contributed by atoms with Gasteiger partial charge in [-0.2, -0.15) is 0 Å². The number of piperidine rings is 1. The van der Waals surface area contributed by atoms with Gasteiger partial charge in [0, 0.05) is 51.4 Å². The van der Waals surface area contributed by atoms with Gasteiger partial charge in [-0.25, -0.2) is 9.37 Å². The third-order valence-electron chi connectivity index (χ3n) is 4.79. The van der Waals surface area contributed by atoms with E-state index < -0.39 is 0 Å². The minimum absolute atomic E-state index is 0.258. The van der Waals surface area contributed by atoms with Crippen molar-refractivity contribution in [2.24, 2.45) is 16.6 Å². The average molecular weight is 399 g/mol. The van der Waals surface area contributed by atoms with Crippen molar-refractivity contribution in [1.82, 2.24) is 15.2 Å². The second kappa shape index (κ2) is 9.86. The molecule has 3 rings (SSSR count). The molecule has 7 nitrogen and oxygen atoms in total. The molecular weight excluding hydrogens is 373 g/mol. The molecule has 154 valence electrons. The maximum Gasteiger partial charge on any atom is 0.219 e. The predicted octanol–water partition coefficient (Wildman–Crippen LogP) is 2.68. The highest BCUT2D eigenvalue weighted by molar-refractivity contribution is 5.80. The van der Waals surface area contributed by atoms with E-state index in [1.165, 1.54) is 12.1 Å². The molecule has 0 spiro atoms. The van der Waals surface area contributed by atoms with Crippen molar-refractivity contribution in [1.29, 1.82) is 0 Å². The van der Waals surface area contributed by atoms with Gasteiger partial charge >= 0.3 is 0 Å². The number of nitrogens with zero attached hydrogens (tertiary/aromatic N) is 3. The van der Waals surface area contributed by atoms with Crippen LogP contribution in [0.4, 0.5) is 4.39 Å². The number of ether oxygens (including phenoxy) is 1. The molecule has 1 aromatic carbocycles. The molecule has 2 heterocycles. The summed E-state index contributed by atoms with van der Waals surface area (Å²) in [7, 11) is 1.74. The van der Waals surface area contributed by atoms with E-state index in [4.69, 9.17) is 10.5 Å². The Morgan fingerprint density at radius 3 is 2.97 bits per heavy atom. The van der Waals surface area contributed by atoms with E-state index in [9.17, 15) is 9.18 Å². The van der Waals surface area contributed by atoms with Crippen LogP contribution in [0.5, 0.6) is 11.6 Å². The summed E-state index contributed by atoms with van der Waals surface area (Å²) < 4.78 is 18.8. The van der Waals surface area contributed by atoms with E-state index in [1.54, 1.807) is 31.4 Å². The number of benzene rings is 1. The number of hydrogen-bond acceptors (Lipinski definition) is 4. The Labute approximate surface area is 169 Å². The summed E-state index contributed by atoms with van der Waals surface area (Å²) in [5.74, 6) is 1.24. The second-order valence-corrected chi connectivity index (χ2v) is 7.09. The van der Waals surface area contributed by atoms with E-state index in [-0.39, 0.29) is 17.6 Å². The van der Waals surface area contributed by atoms with E-state index in [1.807, 2.05) is 6.07 Å². The number of pyridine rings is 1. The van der Waals surface area contributed by atoms with Gasteiger partial charge in [0.15, 0.2) is 5.96 Å². The zero-order valence-electron chi connectivity index (χ0n) is 16.5. The number of rotatable bonds is 6. The van der Waals surface area contributed by atoms with Gasteiger partial charge < -0.3 is 20.7 Å². The minimum Gasteiger partial charge on any atom is -0.439 e. The van der Waals surface area contributed by atoms with Crippen molar-refractivity contribution in [3.05, 3.63) is 54.0 Å². The Bertz CT molecular complexity index is 856. The summed E-state index contributed by atoms with van der Waals surface area (Å²) in [6.07, 6.45) is 4.13. The molecular formula is C21H26FN5O2. The number of amides is 1. The smallest absolute Gasteiger partial charge is 0.219 e. The summed E-state index contributed by atoms with van der Waals surface area (Å²) >= 11 is 0. The summed E-state index contributed by atoms with van der Waals surface area (Å²) in [6, 6.07) is 9.57. The van der Waals surface area contributed by atoms with Crippen LogP contribution in [0.1, 0.15) is 24.8 Å². The Balaban J connectivity index is 1.53. The lowest BCUT2D eigenvalue weighted by Gasteiger charge is -2.34. The lowest BCUT2D eigenvalue weighted by Crippen LogP contribution is -2.46. The number of carbonyl (C=O) groups excluding carboxylic acids is 1. The van der Waals surface area contributed by atoms with Gasteiger partial charge in [0.2, 0.25) is 11.8 Å². The zero-order chi connectivity index (χ0) is 20.6. The average Bonchev–Trinajstić information content (AvgIpc) is 2.69. The van der Waals surface area contributed by atoms with E-state index >= 15 is 0 Å². The third kappa shape index (κ3) is 6.17. The molecule has 0 aliphatic carbocycles. The zero-order valence-corrected chi connectivity index (χ0v) is 16.5. The number of nitrogens with two attached hydrogens (primary N) is 1. The van der Waals surface area contributed by atoms with Crippen LogP contribution in [-0.2, 0) is 11.3 Å². The maximum absolute atomic E-state index is 13.2. The fraction of sp³-hybridized carbons (Fsp3) is 0.381. The van der Waals surface area contributed by atoms with Gasteiger partial charge in [-0.05, 0) is 36.5 Å². The van der Waals surface area contributed by atoms with Crippen molar-refractivity contribution in [2.45, 2.75) is 25.8 Å². The summed E-state index contributed by atoms with van der Waals surface area (Å²) in [5, 5.41) is 3.34. The molecule has 1 amide bonds. The summed E-state index contributed by atoms with van der Waals surface area (Å²) in [5.41, 5.74) is 6.30. The molecule has 1 fully saturated rings. The first kappa shape index (κ1) is 20.6. The number of carbonyl (C=O) groups is 1. The van der Waals surface area contributed by atoms with E-state index in [0.717, 1.165) is 37.5 Å². The first-order chi connectivity index (χ1) is 14.0. The molecule has 1 atom stereocenters. The van der Waals surface area contributed by atoms with Crippen molar-refractivity contribution in [3.63, 3.8) is 0 Å².